The summed E-state index contributed by atoms with van der Waals surface area (Å²) in [5.41, 5.74) is 4.60. The van der Waals surface area contributed by atoms with Crippen LogP contribution in [0.25, 0.3) is 11.1 Å². The van der Waals surface area contributed by atoms with Crippen LogP contribution < -0.4 is 0 Å². The first-order valence-corrected chi connectivity index (χ1v) is 9.70. The van der Waals surface area contributed by atoms with E-state index in [-0.39, 0.29) is 5.92 Å². The minimum absolute atomic E-state index is 0.185. The van der Waals surface area contributed by atoms with E-state index in [9.17, 15) is 0 Å². The highest BCUT2D eigenvalue weighted by Crippen LogP contribution is 2.41. The van der Waals surface area contributed by atoms with Crippen molar-refractivity contribution >= 4 is 11.1 Å². The smallest absolute Gasteiger partial charge is 0.204 e. The van der Waals surface area contributed by atoms with E-state index in [2.05, 4.69) is 41.1 Å². The molecular weight excluding hydrogens is 322 g/mol. The van der Waals surface area contributed by atoms with Gasteiger partial charge in [0.05, 0.1) is 12.1 Å². The Labute approximate surface area is 154 Å². The van der Waals surface area contributed by atoms with Crippen molar-refractivity contribution in [1.29, 1.82) is 0 Å². The standard InChI is InChI=1S/C22H25N3O/c1-24-15-18(21-23-19-11-5-6-12-20(19)26-21)16-9-3-4-10-17(16)22(24)25-13-7-2-8-14-25/h3-6,9-12,18,22H,2,7-8,13-15H2,1H3. The number of likely N-dealkylation sites (N-methyl/N-ethyl adjacent to an activating group) is 1. The van der Waals surface area contributed by atoms with E-state index in [0.717, 1.165) is 23.5 Å². The third kappa shape index (κ3) is 2.65. The molecule has 2 unspecified atom stereocenters. The van der Waals surface area contributed by atoms with E-state index in [4.69, 9.17) is 9.40 Å². The zero-order chi connectivity index (χ0) is 17.5. The van der Waals surface area contributed by atoms with Crippen LogP contribution in [0.4, 0.5) is 0 Å². The van der Waals surface area contributed by atoms with Gasteiger partial charge in [0.2, 0.25) is 5.89 Å². The third-order valence-electron chi connectivity index (χ3n) is 5.88. The normalized spacial score (nSPS) is 24.7. The molecule has 26 heavy (non-hydrogen) atoms. The molecule has 5 rings (SSSR count). The number of likely N-dealkylation sites (tertiary alicyclic amines) is 1. The molecule has 0 saturated carbocycles. The Balaban J connectivity index is 1.57. The van der Waals surface area contributed by atoms with Crippen LogP contribution in [-0.4, -0.2) is 41.5 Å². The second-order valence-electron chi connectivity index (χ2n) is 7.61. The van der Waals surface area contributed by atoms with Gasteiger partial charge in [0, 0.05) is 6.54 Å². The summed E-state index contributed by atoms with van der Waals surface area (Å²) in [7, 11) is 2.24. The van der Waals surface area contributed by atoms with Crippen LogP contribution in [0.5, 0.6) is 0 Å². The lowest BCUT2D eigenvalue weighted by atomic mass is 9.87. The van der Waals surface area contributed by atoms with E-state index < -0.39 is 0 Å². The van der Waals surface area contributed by atoms with Gasteiger partial charge in [0.15, 0.2) is 5.58 Å². The fourth-order valence-corrected chi connectivity index (χ4v) is 4.68. The molecule has 3 aromatic rings. The van der Waals surface area contributed by atoms with Crippen molar-refractivity contribution in [3.63, 3.8) is 0 Å². The lowest BCUT2D eigenvalue weighted by molar-refractivity contribution is 0.0321. The molecule has 1 aromatic heterocycles. The van der Waals surface area contributed by atoms with Crippen LogP contribution in [0, 0.1) is 0 Å². The molecule has 0 bridgehead atoms. The summed E-state index contributed by atoms with van der Waals surface area (Å²) in [5, 5.41) is 0. The molecular formula is C22H25N3O. The molecule has 2 aliphatic rings. The van der Waals surface area contributed by atoms with Crippen LogP contribution in [0.15, 0.2) is 52.9 Å². The molecule has 4 nitrogen and oxygen atoms in total. The molecule has 2 aliphatic heterocycles. The summed E-state index contributed by atoms with van der Waals surface area (Å²) in [6, 6.07) is 16.9. The van der Waals surface area contributed by atoms with E-state index >= 15 is 0 Å². The van der Waals surface area contributed by atoms with E-state index in [1.165, 1.54) is 43.5 Å². The Morgan fingerprint density at radius 3 is 2.46 bits per heavy atom. The number of para-hydroxylation sites is 2. The number of benzene rings is 2. The first-order valence-electron chi connectivity index (χ1n) is 9.70. The molecule has 1 fully saturated rings. The summed E-state index contributed by atoms with van der Waals surface area (Å²) in [6.07, 6.45) is 4.34. The van der Waals surface area contributed by atoms with Crippen molar-refractivity contribution in [2.45, 2.75) is 31.3 Å². The van der Waals surface area contributed by atoms with Crippen molar-refractivity contribution in [2.24, 2.45) is 0 Å². The maximum atomic E-state index is 6.14. The van der Waals surface area contributed by atoms with Crippen molar-refractivity contribution in [3.8, 4) is 0 Å². The van der Waals surface area contributed by atoms with Gasteiger partial charge in [-0.2, -0.15) is 0 Å². The topological polar surface area (TPSA) is 32.5 Å². The Hall–Kier alpha value is -2.17. The predicted molar refractivity (Wildman–Crippen MR) is 103 cm³/mol. The number of aromatic nitrogens is 1. The number of piperidine rings is 1. The predicted octanol–water partition coefficient (Wildman–Crippen LogP) is 4.39. The van der Waals surface area contributed by atoms with Gasteiger partial charge < -0.3 is 4.42 Å². The molecule has 1 saturated heterocycles. The molecule has 0 radical (unpaired) electrons. The fraction of sp³-hybridized carbons (Fsp3) is 0.409. The third-order valence-corrected chi connectivity index (χ3v) is 5.88. The lowest BCUT2D eigenvalue weighted by Gasteiger charge is -2.45. The lowest BCUT2D eigenvalue weighted by Crippen LogP contribution is -2.46. The van der Waals surface area contributed by atoms with Gasteiger partial charge in [-0.25, -0.2) is 4.98 Å². The number of hydrogen-bond acceptors (Lipinski definition) is 4. The molecule has 2 aromatic carbocycles. The van der Waals surface area contributed by atoms with Crippen LogP contribution in [-0.2, 0) is 0 Å². The molecule has 134 valence electrons. The van der Waals surface area contributed by atoms with Crippen LogP contribution in [0.3, 0.4) is 0 Å². The number of oxazole rings is 1. The molecule has 0 amide bonds. The second kappa shape index (κ2) is 6.53. The monoisotopic (exact) mass is 347 g/mol. The largest absolute Gasteiger partial charge is 0.440 e. The summed E-state index contributed by atoms with van der Waals surface area (Å²) in [6.45, 7) is 3.32. The molecule has 3 heterocycles. The van der Waals surface area contributed by atoms with Crippen molar-refractivity contribution < 1.29 is 4.42 Å². The first-order chi connectivity index (χ1) is 12.8. The Bertz CT molecular complexity index is 879. The molecule has 0 aliphatic carbocycles. The van der Waals surface area contributed by atoms with Crippen LogP contribution >= 0.6 is 0 Å². The molecule has 2 atom stereocenters. The molecule has 0 N–H and O–H groups in total. The average molecular weight is 347 g/mol. The van der Waals surface area contributed by atoms with Gasteiger partial charge in [-0.15, -0.1) is 0 Å². The van der Waals surface area contributed by atoms with E-state index in [1.807, 2.05) is 24.3 Å². The number of rotatable bonds is 2. The highest BCUT2D eigenvalue weighted by atomic mass is 16.3. The van der Waals surface area contributed by atoms with Gasteiger partial charge in [-0.1, -0.05) is 42.8 Å². The minimum atomic E-state index is 0.185. The maximum absolute atomic E-state index is 6.14. The summed E-state index contributed by atoms with van der Waals surface area (Å²) >= 11 is 0. The quantitative estimate of drug-likeness (QED) is 0.688. The molecule has 4 heteroatoms. The van der Waals surface area contributed by atoms with Gasteiger partial charge in [0.25, 0.3) is 0 Å². The second-order valence-corrected chi connectivity index (χ2v) is 7.61. The van der Waals surface area contributed by atoms with Gasteiger partial charge in [-0.05, 0) is 56.2 Å². The number of hydrogen-bond donors (Lipinski definition) is 0. The Morgan fingerprint density at radius 2 is 1.65 bits per heavy atom. The summed E-state index contributed by atoms with van der Waals surface area (Å²) < 4.78 is 6.14. The van der Waals surface area contributed by atoms with Gasteiger partial charge in [-0.3, -0.25) is 9.80 Å². The molecule has 0 spiro atoms. The van der Waals surface area contributed by atoms with E-state index in [1.54, 1.807) is 0 Å². The van der Waals surface area contributed by atoms with E-state index in [0.29, 0.717) is 6.17 Å². The fourth-order valence-electron chi connectivity index (χ4n) is 4.68. The van der Waals surface area contributed by atoms with Gasteiger partial charge >= 0.3 is 0 Å². The summed E-state index contributed by atoms with van der Waals surface area (Å²) in [4.78, 5) is 9.92. The Kier molecular flexibility index (Phi) is 4.03. The van der Waals surface area contributed by atoms with Crippen molar-refractivity contribution in [1.82, 2.24) is 14.8 Å². The minimum Gasteiger partial charge on any atom is -0.440 e. The Morgan fingerprint density at radius 1 is 0.923 bits per heavy atom. The number of nitrogens with zero attached hydrogens (tertiary/aromatic N) is 3. The van der Waals surface area contributed by atoms with Crippen molar-refractivity contribution in [2.75, 3.05) is 26.7 Å². The highest BCUT2D eigenvalue weighted by molar-refractivity contribution is 5.72. The average Bonchev–Trinajstić information content (AvgIpc) is 3.12. The first kappa shape index (κ1) is 16.0. The maximum Gasteiger partial charge on any atom is 0.204 e. The van der Waals surface area contributed by atoms with Crippen molar-refractivity contribution in [3.05, 3.63) is 65.5 Å². The van der Waals surface area contributed by atoms with Gasteiger partial charge in [0.1, 0.15) is 5.52 Å². The zero-order valence-corrected chi connectivity index (χ0v) is 15.3. The zero-order valence-electron chi connectivity index (χ0n) is 15.3. The number of fused-ring (bicyclic) bond motifs is 2. The summed E-state index contributed by atoms with van der Waals surface area (Å²) in [5.74, 6) is 1.02. The highest BCUT2D eigenvalue weighted by Gasteiger charge is 2.37. The van der Waals surface area contributed by atoms with Crippen LogP contribution in [0.2, 0.25) is 0 Å². The SMILES string of the molecule is CN1CC(c2nc3ccccc3o2)c2ccccc2C1N1CCCCC1. The van der Waals surface area contributed by atoms with Crippen LogP contribution in [0.1, 0.15) is 48.4 Å².